The van der Waals surface area contributed by atoms with Gasteiger partial charge in [0.2, 0.25) is 10.0 Å². The van der Waals surface area contributed by atoms with Gasteiger partial charge in [0.1, 0.15) is 0 Å². The van der Waals surface area contributed by atoms with Gasteiger partial charge in [0.15, 0.2) is 12.4 Å². The summed E-state index contributed by atoms with van der Waals surface area (Å²) >= 11 is 5.86. The number of esters is 1. The zero-order chi connectivity index (χ0) is 22.6. The number of nitrogens with zero attached hydrogens (tertiary/aromatic N) is 2. The molecular weight excluding hydrogens is 444 g/mol. The fourth-order valence-electron chi connectivity index (χ4n) is 3.18. The first-order valence-electron chi connectivity index (χ1n) is 9.46. The monoisotopic (exact) mass is 464 g/mol. The minimum Gasteiger partial charge on any atom is -0.452 e. The lowest BCUT2D eigenvalue weighted by Crippen LogP contribution is -2.51. The molecular formula is C21H21ClN2O6S. The van der Waals surface area contributed by atoms with Crippen LogP contribution in [0.2, 0.25) is 5.02 Å². The number of hydrogen-bond acceptors (Lipinski definition) is 6. The van der Waals surface area contributed by atoms with E-state index in [9.17, 15) is 22.8 Å². The second kappa shape index (κ2) is 9.59. The number of piperazine rings is 1. The number of ketones is 1. The van der Waals surface area contributed by atoms with Gasteiger partial charge in [-0.15, -0.1) is 0 Å². The lowest BCUT2D eigenvalue weighted by Gasteiger charge is -2.33. The van der Waals surface area contributed by atoms with Gasteiger partial charge in [0.05, 0.1) is 11.8 Å². The summed E-state index contributed by atoms with van der Waals surface area (Å²) in [6, 6.07) is 12.5. The average molecular weight is 465 g/mol. The van der Waals surface area contributed by atoms with Gasteiger partial charge in [0.25, 0.3) is 5.91 Å². The molecule has 0 bridgehead atoms. The molecule has 0 radical (unpaired) electrons. The first kappa shape index (κ1) is 22.9. The number of sulfonamides is 1. The van der Waals surface area contributed by atoms with Crippen LogP contribution >= 0.6 is 11.6 Å². The van der Waals surface area contributed by atoms with E-state index in [0.717, 1.165) is 6.26 Å². The third kappa shape index (κ3) is 5.69. The number of amides is 1. The Balaban J connectivity index is 1.63. The van der Waals surface area contributed by atoms with E-state index in [-0.39, 0.29) is 43.1 Å². The van der Waals surface area contributed by atoms with E-state index < -0.39 is 28.5 Å². The highest BCUT2D eigenvalue weighted by atomic mass is 35.5. The van der Waals surface area contributed by atoms with E-state index in [1.54, 1.807) is 36.4 Å². The third-order valence-electron chi connectivity index (χ3n) is 4.89. The molecule has 0 saturated carbocycles. The second-order valence-electron chi connectivity index (χ2n) is 7.00. The normalized spacial score (nSPS) is 14.8. The summed E-state index contributed by atoms with van der Waals surface area (Å²) in [5.41, 5.74) is 0.575. The summed E-state index contributed by atoms with van der Waals surface area (Å²) in [5.74, 6) is -1.59. The maximum Gasteiger partial charge on any atom is 0.339 e. The molecule has 3 rings (SSSR count). The maximum absolute atomic E-state index is 12.8. The van der Waals surface area contributed by atoms with Crippen LogP contribution in [0.25, 0.3) is 0 Å². The van der Waals surface area contributed by atoms with Gasteiger partial charge in [-0.25, -0.2) is 13.2 Å². The van der Waals surface area contributed by atoms with Gasteiger partial charge in [-0.2, -0.15) is 4.31 Å². The van der Waals surface area contributed by atoms with Gasteiger partial charge in [-0.05, 0) is 30.3 Å². The zero-order valence-electron chi connectivity index (χ0n) is 16.8. The first-order chi connectivity index (χ1) is 14.7. The van der Waals surface area contributed by atoms with Crippen molar-refractivity contribution < 1.29 is 27.5 Å². The van der Waals surface area contributed by atoms with E-state index >= 15 is 0 Å². The molecule has 1 amide bonds. The predicted molar refractivity (Wildman–Crippen MR) is 115 cm³/mol. The SMILES string of the molecule is CS(=O)(=O)N1CCN(C(=O)COC(=O)c2ccccc2C(=O)c2ccc(Cl)cc2)CC1. The Morgan fingerprint density at radius 1 is 0.935 bits per heavy atom. The number of carbonyl (C=O) groups is 3. The van der Waals surface area contributed by atoms with Crippen LogP contribution in [0.1, 0.15) is 26.3 Å². The van der Waals surface area contributed by atoms with Crippen molar-refractivity contribution in [2.75, 3.05) is 39.0 Å². The molecule has 1 aliphatic heterocycles. The Kier molecular flexibility index (Phi) is 7.09. The quantitative estimate of drug-likeness (QED) is 0.477. The van der Waals surface area contributed by atoms with Gasteiger partial charge < -0.3 is 9.64 Å². The summed E-state index contributed by atoms with van der Waals surface area (Å²) in [4.78, 5) is 39.2. The highest BCUT2D eigenvalue weighted by Gasteiger charge is 2.27. The van der Waals surface area contributed by atoms with Gasteiger partial charge in [-0.3, -0.25) is 9.59 Å². The standard InChI is InChI=1S/C21H21ClN2O6S/c1-31(28,29)24-12-10-23(11-13-24)19(25)14-30-21(27)18-5-3-2-4-17(18)20(26)15-6-8-16(22)9-7-15/h2-9H,10-14H2,1H3. The van der Waals surface area contributed by atoms with Crippen LogP contribution < -0.4 is 0 Å². The molecule has 0 atom stereocenters. The molecule has 1 aliphatic rings. The number of ether oxygens (including phenoxy) is 1. The van der Waals surface area contributed by atoms with Crippen LogP contribution in [0.5, 0.6) is 0 Å². The molecule has 0 aliphatic carbocycles. The molecule has 0 unspecified atom stereocenters. The molecule has 0 N–H and O–H groups in total. The molecule has 1 fully saturated rings. The largest absolute Gasteiger partial charge is 0.452 e. The van der Waals surface area contributed by atoms with Crippen molar-refractivity contribution in [2.24, 2.45) is 0 Å². The molecule has 0 aromatic heterocycles. The van der Waals surface area contributed by atoms with Crippen molar-refractivity contribution in [3.8, 4) is 0 Å². The molecule has 10 heteroatoms. The van der Waals surface area contributed by atoms with E-state index in [0.29, 0.717) is 10.6 Å². The molecule has 0 spiro atoms. The summed E-state index contributed by atoms with van der Waals surface area (Å²) < 4.78 is 29.6. The van der Waals surface area contributed by atoms with Crippen LogP contribution in [0, 0.1) is 0 Å². The summed E-state index contributed by atoms with van der Waals surface area (Å²) in [7, 11) is -3.30. The summed E-state index contributed by atoms with van der Waals surface area (Å²) in [5, 5.41) is 0.486. The number of hydrogen-bond donors (Lipinski definition) is 0. The van der Waals surface area contributed by atoms with Crippen LogP contribution in [-0.2, 0) is 19.6 Å². The fraction of sp³-hybridized carbons (Fsp3) is 0.286. The lowest BCUT2D eigenvalue weighted by atomic mass is 9.98. The van der Waals surface area contributed by atoms with Crippen molar-refractivity contribution in [2.45, 2.75) is 0 Å². The smallest absolute Gasteiger partial charge is 0.339 e. The second-order valence-corrected chi connectivity index (χ2v) is 9.42. The fourth-order valence-corrected chi connectivity index (χ4v) is 4.13. The van der Waals surface area contributed by atoms with E-state index in [1.165, 1.54) is 21.3 Å². The highest BCUT2D eigenvalue weighted by Crippen LogP contribution is 2.18. The summed E-state index contributed by atoms with van der Waals surface area (Å²) in [6.07, 6.45) is 1.12. The molecule has 31 heavy (non-hydrogen) atoms. The van der Waals surface area contributed by atoms with Crippen molar-refractivity contribution in [3.63, 3.8) is 0 Å². The Morgan fingerprint density at radius 3 is 2.10 bits per heavy atom. The van der Waals surface area contributed by atoms with Gasteiger partial charge in [-0.1, -0.05) is 29.8 Å². The molecule has 2 aromatic carbocycles. The van der Waals surface area contributed by atoms with Crippen molar-refractivity contribution in [1.29, 1.82) is 0 Å². The predicted octanol–water partition coefficient (Wildman–Crippen LogP) is 1.83. The van der Waals surface area contributed by atoms with Crippen LogP contribution in [0.3, 0.4) is 0 Å². The number of benzene rings is 2. The minimum absolute atomic E-state index is 0.0529. The van der Waals surface area contributed by atoms with Crippen LogP contribution in [0.15, 0.2) is 48.5 Å². The Labute approximate surface area is 185 Å². The third-order valence-corrected chi connectivity index (χ3v) is 6.44. The first-order valence-corrected chi connectivity index (χ1v) is 11.7. The molecule has 1 heterocycles. The van der Waals surface area contributed by atoms with E-state index in [4.69, 9.17) is 16.3 Å². The average Bonchev–Trinajstić information content (AvgIpc) is 2.76. The highest BCUT2D eigenvalue weighted by molar-refractivity contribution is 7.88. The van der Waals surface area contributed by atoms with E-state index in [1.807, 2.05) is 0 Å². The van der Waals surface area contributed by atoms with Crippen molar-refractivity contribution >= 4 is 39.3 Å². The number of halogens is 1. The molecule has 8 nitrogen and oxygen atoms in total. The number of carbonyl (C=O) groups excluding carboxylic acids is 3. The molecule has 2 aromatic rings. The summed E-state index contributed by atoms with van der Waals surface area (Å²) in [6.45, 7) is 0.319. The molecule has 164 valence electrons. The minimum atomic E-state index is -3.30. The Morgan fingerprint density at radius 2 is 1.52 bits per heavy atom. The van der Waals surface area contributed by atoms with E-state index in [2.05, 4.69) is 0 Å². The Bertz CT molecular complexity index is 1090. The number of rotatable bonds is 6. The van der Waals surface area contributed by atoms with Crippen molar-refractivity contribution in [1.82, 2.24) is 9.21 Å². The topological polar surface area (TPSA) is 101 Å². The van der Waals surface area contributed by atoms with Gasteiger partial charge >= 0.3 is 5.97 Å². The zero-order valence-corrected chi connectivity index (χ0v) is 18.4. The van der Waals surface area contributed by atoms with Crippen LogP contribution in [-0.4, -0.2) is 74.3 Å². The van der Waals surface area contributed by atoms with Gasteiger partial charge in [0, 0.05) is 42.3 Å². The van der Waals surface area contributed by atoms with Crippen molar-refractivity contribution in [3.05, 3.63) is 70.2 Å². The maximum atomic E-state index is 12.8. The lowest BCUT2D eigenvalue weighted by molar-refractivity contribution is -0.135. The Hall–Kier alpha value is -2.75. The molecule has 1 saturated heterocycles. The van der Waals surface area contributed by atoms with Crippen LogP contribution in [0.4, 0.5) is 0 Å².